The molecule has 158 valence electrons. The Labute approximate surface area is 184 Å². The maximum atomic E-state index is 13.5. The molecule has 0 radical (unpaired) electrons. The lowest BCUT2D eigenvalue weighted by Crippen LogP contribution is -2.41. The Hall–Kier alpha value is -4.19. The quantitative estimate of drug-likeness (QED) is 0.456. The number of esters is 1. The van der Waals surface area contributed by atoms with E-state index in [1.54, 1.807) is 23.2 Å². The van der Waals surface area contributed by atoms with Crippen LogP contribution in [0, 0.1) is 0 Å². The third-order valence-corrected chi connectivity index (χ3v) is 5.66. The zero-order valence-electron chi connectivity index (χ0n) is 17.3. The molecule has 0 bridgehead atoms. The number of nitrogens with zero attached hydrogens (tertiary/aromatic N) is 2. The van der Waals surface area contributed by atoms with Gasteiger partial charge in [0.15, 0.2) is 11.5 Å². The summed E-state index contributed by atoms with van der Waals surface area (Å²) in [6.45, 7) is 0. The average molecular weight is 424 g/mol. The number of hydrogen-bond donors (Lipinski definition) is 0. The van der Waals surface area contributed by atoms with E-state index in [9.17, 15) is 9.59 Å². The summed E-state index contributed by atoms with van der Waals surface area (Å²) < 4.78 is 11.0. The van der Waals surface area contributed by atoms with Crippen LogP contribution in [0.15, 0.2) is 106 Å². The van der Waals surface area contributed by atoms with Crippen molar-refractivity contribution in [3.8, 4) is 0 Å². The first-order chi connectivity index (χ1) is 15.7. The number of fused-ring (bicyclic) bond motifs is 1. The Kier molecular flexibility index (Phi) is 5.03. The van der Waals surface area contributed by atoms with Crippen molar-refractivity contribution in [2.45, 2.75) is 12.0 Å². The molecule has 0 aliphatic carbocycles. The normalized spacial score (nSPS) is 17.9. The van der Waals surface area contributed by atoms with Gasteiger partial charge in [0.2, 0.25) is 0 Å². The van der Waals surface area contributed by atoms with Crippen LogP contribution in [0.4, 0.5) is 5.69 Å². The molecule has 0 fully saturated rings. The van der Waals surface area contributed by atoms with Crippen molar-refractivity contribution in [3.63, 3.8) is 0 Å². The Morgan fingerprint density at radius 1 is 0.938 bits per heavy atom. The maximum Gasteiger partial charge on any atom is 0.331 e. The largest absolute Gasteiger partial charge is 0.467 e. The molecule has 0 saturated heterocycles. The number of methoxy groups -OCH3 is 1. The summed E-state index contributed by atoms with van der Waals surface area (Å²) in [6, 6.07) is 25.1. The lowest BCUT2D eigenvalue weighted by molar-refractivity contribution is -0.142. The van der Waals surface area contributed by atoms with E-state index >= 15 is 0 Å². The van der Waals surface area contributed by atoms with Gasteiger partial charge in [0.05, 0.1) is 36.1 Å². The number of benzene rings is 3. The molecule has 2 atom stereocenters. The number of rotatable bonds is 4. The standard InChI is InChI=1S/C26H20N2O4/c1-31-26(30)24-22(20-16-32-21-15-9-8-14-19(21)25(20)29)23(17-10-4-2-5-11-17)27-28(24)18-12-6-3-7-13-18/h2-16,22,24H,1H3. The summed E-state index contributed by atoms with van der Waals surface area (Å²) >= 11 is 0. The van der Waals surface area contributed by atoms with Crippen LogP contribution in [0.5, 0.6) is 0 Å². The number of hydrazone groups is 1. The molecular weight excluding hydrogens is 404 g/mol. The third kappa shape index (κ3) is 3.26. The highest BCUT2D eigenvalue weighted by atomic mass is 16.5. The van der Waals surface area contributed by atoms with E-state index in [2.05, 4.69) is 0 Å². The van der Waals surface area contributed by atoms with Crippen molar-refractivity contribution in [1.82, 2.24) is 0 Å². The van der Waals surface area contributed by atoms with Crippen molar-refractivity contribution < 1.29 is 13.9 Å². The predicted molar refractivity (Wildman–Crippen MR) is 123 cm³/mol. The van der Waals surface area contributed by atoms with E-state index in [1.807, 2.05) is 66.7 Å². The van der Waals surface area contributed by atoms with Gasteiger partial charge in [0, 0.05) is 5.56 Å². The van der Waals surface area contributed by atoms with E-state index < -0.39 is 17.9 Å². The lowest BCUT2D eigenvalue weighted by atomic mass is 9.85. The molecule has 0 N–H and O–H groups in total. The van der Waals surface area contributed by atoms with Crippen LogP contribution >= 0.6 is 0 Å². The predicted octanol–water partition coefficient (Wildman–Crippen LogP) is 4.34. The van der Waals surface area contributed by atoms with Gasteiger partial charge in [0.25, 0.3) is 0 Å². The zero-order valence-corrected chi connectivity index (χ0v) is 17.3. The van der Waals surface area contributed by atoms with Gasteiger partial charge in [-0.3, -0.25) is 4.79 Å². The maximum absolute atomic E-state index is 13.5. The van der Waals surface area contributed by atoms with Gasteiger partial charge in [-0.15, -0.1) is 0 Å². The second kappa shape index (κ2) is 8.15. The van der Waals surface area contributed by atoms with Crippen LogP contribution in [-0.4, -0.2) is 24.8 Å². The first-order valence-electron chi connectivity index (χ1n) is 10.3. The minimum absolute atomic E-state index is 0.190. The number of anilines is 1. The molecule has 1 aliphatic heterocycles. The molecule has 3 aromatic carbocycles. The van der Waals surface area contributed by atoms with E-state index in [0.29, 0.717) is 22.2 Å². The summed E-state index contributed by atoms with van der Waals surface area (Å²) in [5.41, 5.74) is 2.81. The highest BCUT2D eigenvalue weighted by molar-refractivity contribution is 6.11. The molecule has 4 aromatic rings. The van der Waals surface area contributed by atoms with Gasteiger partial charge >= 0.3 is 5.97 Å². The molecule has 5 rings (SSSR count). The smallest absolute Gasteiger partial charge is 0.331 e. The van der Waals surface area contributed by atoms with Crippen LogP contribution in [-0.2, 0) is 9.53 Å². The van der Waals surface area contributed by atoms with Crippen LogP contribution in [0.3, 0.4) is 0 Å². The Morgan fingerprint density at radius 3 is 2.31 bits per heavy atom. The highest BCUT2D eigenvalue weighted by Crippen LogP contribution is 2.37. The number of hydrogen-bond acceptors (Lipinski definition) is 6. The fraction of sp³-hybridized carbons (Fsp3) is 0.115. The van der Waals surface area contributed by atoms with Crippen molar-refractivity contribution >= 4 is 28.3 Å². The molecule has 6 nitrogen and oxygen atoms in total. The highest BCUT2D eigenvalue weighted by Gasteiger charge is 2.46. The summed E-state index contributed by atoms with van der Waals surface area (Å²) in [7, 11) is 1.34. The molecular formula is C26H20N2O4. The van der Waals surface area contributed by atoms with Gasteiger partial charge < -0.3 is 9.15 Å². The van der Waals surface area contributed by atoms with Gasteiger partial charge in [0.1, 0.15) is 5.58 Å². The number of carbonyl (C=O) groups excluding carboxylic acids is 1. The molecule has 0 spiro atoms. The fourth-order valence-corrected chi connectivity index (χ4v) is 4.16. The SMILES string of the molecule is COC(=O)C1C(c2coc3ccccc3c2=O)C(c2ccccc2)=NN1c1ccccc1. The first kappa shape index (κ1) is 19.8. The fourth-order valence-electron chi connectivity index (χ4n) is 4.16. The molecule has 1 aliphatic rings. The number of carbonyl (C=O) groups is 1. The van der Waals surface area contributed by atoms with Crippen LogP contribution in [0.1, 0.15) is 17.0 Å². The van der Waals surface area contributed by atoms with Crippen LogP contribution in [0.2, 0.25) is 0 Å². The summed E-state index contributed by atoms with van der Waals surface area (Å²) in [6.07, 6.45) is 1.44. The van der Waals surface area contributed by atoms with Crippen molar-refractivity contribution in [1.29, 1.82) is 0 Å². The minimum Gasteiger partial charge on any atom is -0.467 e. The number of ether oxygens (including phenoxy) is 1. The average Bonchev–Trinajstić information content (AvgIpc) is 3.25. The minimum atomic E-state index is -0.860. The summed E-state index contributed by atoms with van der Waals surface area (Å²) in [4.78, 5) is 26.6. The van der Waals surface area contributed by atoms with Gasteiger partial charge in [-0.25, -0.2) is 9.80 Å². The van der Waals surface area contributed by atoms with Gasteiger partial charge in [-0.1, -0.05) is 60.7 Å². The van der Waals surface area contributed by atoms with Crippen LogP contribution in [0.25, 0.3) is 11.0 Å². The van der Waals surface area contributed by atoms with E-state index in [0.717, 1.165) is 11.3 Å². The van der Waals surface area contributed by atoms with Gasteiger partial charge in [-0.2, -0.15) is 5.10 Å². The lowest BCUT2D eigenvalue weighted by Gasteiger charge is -2.25. The molecule has 2 heterocycles. The Balaban J connectivity index is 1.76. The topological polar surface area (TPSA) is 72.1 Å². The molecule has 0 saturated carbocycles. The monoisotopic (exact) mass is 424 g/mol. The van der Waals surface area contributed by atoms with Crippen LogP contribution < -0.4 is 10.4 Å². The van der Waals surface area contributed by atoms with Crippen molar-refractivity contribution in [3.05, 3.63) is 113 Å². The van der Waals surface area contributed by atoms with E-state index in [1.165, 1.54) is 13.4 Å². The molecule has 32 heavy (non-hydrogen) atoms. The van der Waals surface area contributed by atoms with Crippen molar-refractivity contribution in [2.24, 2.45) is 5.10 Å². The Bertz CT molecular complexity index is 1360. The second-order valence-corrected chi connectivity index (χ2v) is 7.49. The van der Waals surface area contributed by atoms with E-state index in [-0.39, 0.29) is 5.43 Å². The molecule has 0 amide bonds. The number of para-hydroxylation sites is 2. The van der Waals surface area contributed by atoms with Crippen molar-refractivity contribution in [2.75, 3.05) is 12.1 Å². The Morgan fingerprint density at radius 2 is 1.59 bits per heavy atom. The molecule has 2 unspecified atom stereocenters. The first-order valence-corrected chi connectivity index (χ1v) is 10.3. The summed E-state index contributed by atoms with van der Waals surface area (Å²) in [5.74, 6) is -1.16. The van der Waals surface area contributed by atoms with Gasteiger partial charge in [-0.05, 0) is 29.8 Å². The molecule has 1 aromatic heterocycles. The second-order valence-electron chi connectivity index (χ2n) is 7.49. The summed E-state index contributed by atoms with van der Waals surface area (Å²) in [5, 5.41) is 6.92. The zero-order chi connectivity index (χ0) is 22.1. The van der Waals surface area contributed by atoms with E-state index in [4.69, 9.17) is 14.3 Å². The molecule has 6 heteroatoms. The third-order valence-electron chi connectivity index (χ3n) is 5.66.